The number of allylic oxidation sites excluding steroid dienone is 6. The number of halogens is 2. The number of carbonyl (C=O) groups is 5. The number of rotatable bonds is 4. The van der Waals surface area contributed by atoms with Crippen LogP contribution < -0.4 is 9.64 Å². The molecule has 0 bridgehead atoms. The van der Waals surface area contributed by atoms with E-state index in [0.717, 1.165) is 4.90 Å². The molecule has 1 aliphatic heterocycles. The van der Waals surface area contributed by atoms with E-state index in [0.29, 0.717) is 11.1 Å². The van der Waals surface area contributed by atoms with Crippen LogP contribution in [0.1, 0.15) is 34.7 Å². The maximum Gasteiger partial charge on any atom is 0.335 e. The molecule has 2 amide bonds. The van der Waals surface area contributed by atoms with Gasteiger partial charge in [0.25, 0.3) is 0 Å². The van der Waals surface area contributed by atoms with Crippen molar-refractivity contribution < 1.29 is 38.9 Å². The van der Waals surface area contributed by atoms with Gasteiger partial charge in [0.05, 0.1) is 39.7 Å². The summed E-state index contributed by atoms with van der Waals surface area (Å²) in [4.78, 5) is 66.9. The largest absolute Gasteiger partial charge is 0.503 e. The number of hydrogen-bond donors (Lipinski definition) is 2. The topological polar surface area (TPSA) is 138 Å². The Morgan fingerprint density at radius 2 is 1.85 bits per heavy atom. The lowest BCUT2D eigenvalue weighted by Gasteiger charge is -2.42. The van der Waals surface area contributed by atoms with E-state index in [9.17, 15) is 34.2 Å². The highest BCUT2D eigenvalue weighted by atomic mass is 79.9. The Labute approximate surface area is 246 Å². The number of aromatic hydroxyl groups is 1. The molecule has 2 aromatic carbocycles. The maximum absolute atomic E-state index is 14.0. The van der Waals surface area contributed by atoms with Crippen molar-refractivity contribution in [3.63, 3.8) is 0 Å². The third-order valence-electron chi connectivity index (χ3n) is 8.29. The zero-order valence-corrected chi connectivity index (χ0v) is 23.7. The van der Waals surface area contributed by atoms with Gasteiger partial charge in [-0.25, -0.2) is 4.79 Å². The van der Waals surface area contributed by atoms with E-state index in [1.165, 1.54) is 43.5 Å². The first kappa shape index (κ1) is 27.2. The van der Waals surface area contributed by atoms with Crippen LogP contribution in [0.4, 0.5) is 5.69 Å². The van der Waals surface area contributed by atoms with Gasteiger partial charge in [0, 0.05) is 23.1 Å². The van der Waals surface area contributed by atoms with Gasteiger partial charge in [0.1, 0.15) is 0 Å². The van der Waals surface area contributed by atoms with Crippen LogP contribution in [0.2, 0.25) is 5.02 Å². The van der Waals surface area contributed by atoms with E-state index in [1.807, 2.05) is 6.08 Å². The van der Waals surface area contributed by atoms with Crippen LogP contribution in [0.3, 0.4) is 0 Å². The standard InChI is InChI=1S/C30H21BrClNO8/c1-41-22-9-13(8-20(32)27(22)36)23-15-5-6-16-24(17(15)10-18-25(23)21(34)11-19(31)26(18)35)29(38)33(28(16)37)14-4-2-3-12(7-14)30(39)40/h2-5,7-9,11,16-17,23-24,36H,6,10H2,1H3,(H,39,40)/t16-,17+,23-,24-/m0/s1. The molecule has 208 valence electrons. The first-order chi connectivity index (χ1) is 19.5. The Bertz CT molecular complexity index is 1710. The van der Waals surface area contributed by atoms with E-state index in [1.54, 1.807) is 6.07 Å². The Morgan fingerprint density at radius 1 is 1.10 bits per heavy atom. The third-order valence-corrected chi connectivity index (χ3v) is 9.16. The number of nitrogens with zero attached hydrogens (tertiary/aromatic N) is 1. The van der Waals surface area contributed by atoms with Crippen molar-refractivity contribution >= 4 is 62.6 Å². The summed E-state index contributed by atoms with van der Waals surface area (Å²) in [5.41, 5.74) is 1.78. The van der Waals surface area contributed by atoms with Gasteiger partial charge in [0.2, 0.25) is 11.8 Å². The number of carbonyl (C=O) groups excluding carboxylic acids is 4. The van der Waals surface area contributed by atoms with E-state index in [4.69, 9.17) is 16.3 Å². The number of imide groups is 1. The Balaban J connectivity index is 1.49. The van der Waals surface area contributed by atoms with Crippen LogP contribution in [-0.2, 0) is 19.2 Å². The minimum atomic E-state index is -1.19. The first-order valence-electron chi connectivity index (χ1n) is 12.7. The van der Waals surface area contributed by atoms with Gasteiger partial charge < -0.3 is 14.9 Å². The number of benzene rings is 2. The summed E-state index contributed by atoms with van der Waals surface area (Å²) in [6.07, 6.45) is 3.35. The zero-order valence-electron chi connectivity index (χ0n) is 21.4. The number of anilines is 1. The monoisotopic (exact) mass is 637 g/mol. The number of phenolic OH excluding ortho intramolecular Hbond substituents is 1. The molecule has 0 spiro atoms. The molecule has 3 aliphatic carbocycles. The highest BCUT2D eigenvalue weighted by Gasteiger charge is 2.56. The first-order valence-corrected chi connectivity index (χ1v) is 13.9. The van der Waals surface area contributed by atoms with Crippen molar-refractivity contribution in [2.45, 2.75) is 18.8 Å². The molecule has 4 aliphatic rings. The second-order valence-electron chi connectivity index (χ2n) is 10.3. The number of phenols is 1. The number of Topliss-reactive ketones (excluding diaryl/α,β-unsaturated/α-hetero) is 1. The SMILES string of the molecule is COc1cc([C@H]2C3=CC[C@@H]4C(=O)N(c5cccc(C(=O)O)c5)C(=O)[C@@H]4[C@@H]3CC3=C2C(=O)C=C(Br)C3=O)cc(Cl)c1O. The van der Waals surface area contributed by atoms with Crippen LogP contribution >= 0.6 is 27.5 Å². The molecule has 11 heteroatoms. The summed E-state index contributed by atoms with van der Waals surface area (Å²) in [6, 6.07) is 8.68. The molecule has 2 aromatic rings. The van der Waals surface area contributed by atoms with Crippen LogP contribution in [0.5, 0.6) is 11.5 Å². The zero-order chi connectivity index (χ0) is 29.3. The van der Waals surface area contributed by atoms with Gasteiger partial charge in [-0.1, -0.05) is 29.3 Å². The van der Waals surface area contributed by atoms with E-state index in [2.05, 4.69) is 15.9 Å². The van der Waals surface area contributed by atoms with Crippen molar-refractivity contribution in [1.82, 2.24) is 0 Å². The fraction of sp³-hybridized carbons (Fsp3) is 0.233. The molecule has 41 heavy (non-hydrogen) atoms. The number of aromatic carboxylic acids is 1. The Kier molecular flexibility index (Phi) is 6.50. The Hall–Kier alpha value is -4.02. The Morgan fingerprint density at radius 3 is 2.56 bits per heavy atom. The molecule has 0 unspecified atom stereocenters. The summed E-state index contributed by atoms with van der Waals surface area (Å²) < 4.78 is 5.39. The lowest BCUT2D eigenvalue weighted by molar-refractivity contribution is -0.123. The van der Waals surface area contributed by atoms with E-state index < -0.39 is 41.5 Å². The molecular weight excluding hydrogens is 618 g/mol. The number of carboxylic acids is 1. The molecule has 0 saturated carbocycles. The van der Waals surface area contributed by atoms with Crippen molar-refractivity contribution in [3.8, 4) is 11.5 Å². The summed E-state index contributed by atoms with van der Waals surface area (Å²) in [7, 11) is 1.36. The number of ether oxygens (including phenoxy) is 1. The van der Waals surface area contributed by atoms with Gasteiger partial charge >= 0.3 is 5.97 Å². The minimum absolute atomic E-state index is 0.0131. The fourth-order valence-electron chi connectivity index (χ4n) is 6.53. The molecule has 2 N–H and O–H groups in total. The predicted molar refractivity (Wildman–Crippen MR) is 150 cm³/mol. The number of fused-ring (bicyclic) bond motifs is 3. The lowest BCUT2D eigenvalue weighted by Crippen LogP contribution is -2.39. The molecule has 1 fully saturated rings. The van der Waals surface area contributed by atoms with Crippen molar-refractivity contribution in [2.75, 3.05) is 12.0 Å². The van der Waals surface area contributed by atoms with Crippen molar-refractivity contribution in [1.29, 1.82) is 0 Å². The smallest absolute Gasteiger partial charge is 0.335 e. The van der Waals surface area contributed by atoms with Crippen LogP contribution in [-0.4, -0.2) is 46.7 Å². The van der Waals surface area contributed by atoms with Crippen LogP contribution in [0.25, 0.3) is 0 Å². The maximum atomic E-state index is 14.0. The molecule has 0 radical (unpaired) electrons. The van der Waals surface area contributed by atoms with Crippen molar-refractivity contribution in [3.05, 3.63) is 85.9 Å². The highest BCUT2D eigenvalue weighted by Crippen LogP contribution is 2.56. The summed E-state index contributed by atoms with van der Waals surface area (Å²) in [5, 5.41) is 19.8. The number of amides is 2. The fourth-order valence-corrected chi connectivity index (χ4v) is 7.20. The molecule has 6 rings (SSSR count). The third kappa shape index (κ3) is 4.07. The average molecular weight is 639 g/mol. The van der Waals surface area contributed by atoms with Gasteiger partial charge in [-0.05, 0) is 70.6 Å². The molecular formula is C30H21BrClNO8. The summed E-state index contributed by atoms with van der Waals surface area (Å²) in [6.45, 7) is 0. The number of ketones is 2. The molecule has 1 heterocycles. The molecule has 9 nitrogen and oxygen atoms in total. The number of carboxylic acid groups (broad SMARTS) is 1. The molecule has 0 aromatic heterocycles. The second-order valence-corrected chi connectivity index (χ2v) is 11.6. The van der Waals surface area contributed by atoms with Gasteiger partial charge in [0.15, 0.2) is 23.1 Å². The summed E-state index contributed by atoms with van der Waals surface area (Å²) >= 11 is 9.52. The van der Waals surface area contributed by atoms with Crippen molar-refractivity contribution in [2.24, 2.45) is 17.8 Å². The predicted octanol–water partition coefficient (Wildman–Crippen LogP) is 4.72. The van der Waals surface area contributed by atoms with Gasteiger partial charge in [-0.2, -0.15) is 0 Å². The summed E-state index contributed by atoms with van der Waals surface area (Å²) in [5.74, 6) is -6.03. The lowest BCUT2D eigenvalue weighted by atomic mass is 9.59. The quantitative estimate of drug-likeness (QED) is 0.279. The van der Waals surface area contributed by atoms with Crippen LogP contribution in [0.15, 0.2) is 69.8 Å². The van der Waals surface area contributed by atoms with E-state index in [-0.39, 0.29) is 67.8 Å². The van der Waals surface area contributed by atoms with E-state index >= 15 is 0 Å². The normalized spacial score (nSPS) is 25.4. The van der Waals surface area contributed by atoms with Gasteiger partial charge in [-0.15, -0.1) is 0 Å². The number of hydrogen-bond acceptors (Lipinski definition) is 7. The average Bonchev–Trinajstić information content (AvgIpc) is 3.21. The molecule has 4 atom stereocenters. The highest BCUT2D eigenvalue weighted by molar-refractivity contribution is 9.12. The van der Waals surface area contributed by atoms with Crippen LogP contribution in [0, 0.1) is 17.8 Å². The number of methoxy groups -OCH3 is 1. The van der Waals surface area contributed by atoms with Gasteiger partial charge in [-0.3, -0.25) is 24.1 Å². The second kappa shape index (κ2) is 9.81. The molecule has 1 saturated heterocycles. The minimum Gasteiger partial charge on any atom is -0.503 e.